The first-order valence-corrected chi connectivity index (χ1v) is 12.2. The van der Waals surface area contributed by atoms with Gasteiger partial charge in [0.05, 0.1) is 5.60 Å². The molecule has 2 fully saturated rings. The molecule has 34 heavy (non-hydrogen) atoms. The van der Waals surface area contributed by atoms with Crippen molar-refractivity contribution in [1.82, 2.24) is 15.1 Å². The van der Waals surface area contributed by atoms with Gasteiger partial charge in [0.1, 0.15) is 6.04 Å². The second kappa shape index (κ2) is 8.96. The monoisotopic (exact) mass is 461 g/mol. The number of likely N-dealkylation sites (tertiary alicyclic amines) is 1. The summed E-state index contributed by atoms with van der Waals surface area (Å²) < 4.78 is 0. The van der Waals surface area contributed by atoms with E-state index in [1.54, 1.807) is 11.0 Å². The summed E-state index contributed by atoms with van der Waals surface area (Å²) in [5, 5.41) is 13.9. The lowest BCUT2D eigenvalue weighted by atomic mass is 9.82. The second-order valence-corrected chi connectivity index (χ2v) is 9.67. The van der Waals surface area contributed by atoms with Gasteiger partial charge in [-0.1, -0.05) is 49.4 Å². The fourth-order valence-electron chi connectivity index (χ4n) is 5.74. The van der Waals surface area contributed by atoms with Gasteiger partial charge >= 0.3 is 0 Å². The van der Waals surface area contributed by atoms with Crippen LogP contribution in [0.5, 0.6) is 0 Å². The molecule has 3 amide bonds. The SMILES string of the molecule is CCC(c1ccccc1)N1CCC(O)(c2ccc3c(c2)CN(C2CCC(=O)NC2=O)C3=O)CC1. The Labute approximate surface area is 199 Å². The van der Waals surface area contributed by atoms with Crippen LogP contribution in [0.4, 0.5) is 0 Å². The molecule has 178 valence electrons. The van der Waals surface area contributed by atoms with Crippen LogP contribution in [0.15, 0.2) is 48.5 Å². The maximum Gasteiger partial charge on any atom is 0.255 e. The molecule has 5 rings (SSSR count). The third-order valence-electron chi connectivity index (χ3n) is 7.70. The molecule has 2 unspecified atom stereocenters. The maximum absolute atomic E-state index is 13.0. The molecule has 3 aliphatic heterocycles. The van der Waals surface area contributed by atoms with Crippen molar-refractivity contribution >= 4 is 17.7 Å². The Balaban J connectivity index is 1.30. The lowest BCUT2D eigenvalue weighted by Gasteiger charge is -2.42. The Hall–Kier alpha value is -3.03. The largest absolute Gasteiger partial charge is 0.385 e. The summed E-state index contributed by atoms with van der Waals surface area (Å²) in [6.45, 7) is 4.11. The zero-order valence-electron chi connectivity index (χ0n) is 19.5. The Bertz CT molecular complexity index is 1110. The number of benzene rings is 2. The van der Waals surface area contributed by atoms with Gasteiger partial charge in [0.15, 0.2) is 0 Å². The Morgan fingerprint density at radius 2 is 1.82 bits per heavy atom. The summed E-state index contributed by atoms with van der Waals surface area (Å²) in [5.74, 6) is -0.891. The minimum Gasteiger partial charge on any atom is -0.385 e. The third kappa shape index (κ3) is 4.03. The lowest BCUT2D eigenvalue weighted by Crippen LogP contribution is -2.52. The molecule has 2 saturated heterocycles. The second-order valence-electron chi connectivity index (χ2n) is 9.67. The number of nitrogens with one attached hydrogen (secondary N) is 1. The van der Waals surface area contributed by atoms with E-state index < -0.39 is 17.6 Å². The van der Waals surface area contributed by atoms with Gasteiger partial charge in [-0.2, -0.15) is 0 Å². The molecule has 2 atom stereocenters. The summed E-state index contributed by atoms with van der Waals surface area (Å²) in [6, 6.07) is 15.8. The summed E-state index contributed by atoms with van der Waals surface area (Å²) in [6.07, 6.45) is 2.84. The Morgan fingerprint density at radius 1 is 1.09 bits per heavy atom. The van der Waals surface area contributed by atoms with Gasteiger partial charge in [-0.15, -0.1) is 0 Å². The van der Waals surface area contributed by atoms with Crippen LogP contribution in [0.3, 0.4) is 0 Å². The third-order valence-corrected chi connectivity index (χ3v) is 7.70. The number of carbonyl (C=O) groups is 3. The van der Waals surface area contributed by atoms with Gasteiger partial charge in [-0.3, -0.25) is 24.6 Å². The van der Waals surface area contributed by atoms with Crippen molar-refractivity contribution in [3.63, 3.8) is 0 Å². The number of rotatable bonds is 5. The van der Waals surface area contributed by atoms with Crippen molar-refractivity contribution in [3.8, 4) is 0 Å². The Morgan fingerprint density at radius 3 is 2.50 bits per heavy atom. The first-order valence-electron chi connectivity index (χ1n) is 12.2. The van der Waals surface area contributed by atoms with E-state index in [0.717, 1.165) is 30.6 Å². The number of hydrogen-bond acceptors (Lipinski definition) is 5. The number of hydrogen-bond donors (Lipinski definition) is 2. The van der Waals surface area contributed by atoms with E-state index in [-0.39, 0.29) is 18.2 Å². The molecule has 2 aromatic carbocycles. The molecule has 3 heterocycles. The van der Waals surface area contributed by atoms with Crippen molar-refractivity contribution < 1.29 is 19.5 Å². The molecule has 0 spiro atoms. The fraction of sp³-hybridized carbons (Fsp3) is 0.444. The zero-order chi connectivity index (χ0) is 23.9. The predicted molar refractivity (Wildman–Crippen MR) is 127 cm³/mol. The first kappa shape index (κ1) is 22.7. The van der Waals surface area contributed by atoms with E-state index in [1.165, 1.54) is 5.56 Å². The van der Waals surface area contributed by atoms with Crippen LogP contribution in [-0.2, 0) is 21.7 Å². The number of nitrogens with zero attached hydrogens (tertiary/aromatic N) is 2. The standard InChI is InChI=1S/C27H31N3O4/c1-2-22(18-6-4-3-5-7-18)29-14-12-27(34,13-15-29)20-8-9-21-19(16-20)17-30(26(21)33)23-10-11-24(31)28-25(23)32/h3-9,16,22-23,34H,2,10-15,17H2,1H3,(H,28,31,32). The van der Waals surface area contributed by atoms with E-state index in [4.69, 9.17) is 0 Å². The average Bonchev–Trinajstić information content (AvgIpc) is 3.17. The highest BCUT2D eigenvalue weighted by Gasteiger charge is 2.41. The highest BCUT2D eigenvalue weighted by molar-refractivity contribution is 6.05. The van der Waals surface area contributed by atoms with Crippen molar-refractivity contribution in [2.45, 2.75) is 63.3 Å². The highest BCUT2D eigenvalue weighted by atomic mass is 16.3. The number of piperidine rings is 2. The van der Waals surface area contributed by atoms with Gasteiger partial charge in [0, 0.05) is 37.7 Å². The zero-order valence-corrected chi connectivity index (χ0v) is 19.5. The van der Waals surface area contributed by atoms with Crippen LogP contribution >= 0.6 is 0 Å². The molecule has 0 bridgehead atoms. The Kier molecular flexibility index (Phi) is 6.00. The van der Waals surface area contributed by atoms with Crippen molar-refractivity contribution in [2.24, 2.45) is 0 Å². The van der Waals surface area contributed by atoms with Gasteiger partial charge in [0.2, 0.25) is 11.8 Å². The van der Waals surface area contributed by atoms with Gasteiger partial charge in [-0.05, 0) is 48.4 Å². The van der Waals surface area contributed by atoms with Gasteiger partial charge < -0.3 is 10.0 Å². The molecule has 2 aromatic rings. The van der Waals surface area contributed by atoms with Crippen LogP contribution in [0.25, 0.3) is 0 Å². The van der Waals surface area contributed by atoms with E-state index >= 15 is 0 Å². The number of amides is 3. The van der Waals surface area contributed by atoms with Crippen LogP contribution in [0.2, 0.25) is 0 Å². The van der Waals surface area contributed by atoms with Gasteiger partial charge in [-0.25, -0.2) is 0 Å². The topological polar surface area (TPSA) is 89.9 Å². The number of carbonyl (C=O) groups excluding carboxylic acids is 3. The molecule has 3 aliphatic rings. The minimum absolute atomic E-state index is 0.188. The summed E-state index contributed by atoms with van der Waals surface area (Å²) in [7, 11) is 0. The summed E-state index contributed by atoms with van der Waals surface area (Å²) in [4.78, 5) is 40.8. The molecule has 7 heteroatoms. The van der Waals surface area contributed by atoms with Crippen LogP contribution in [0.1, 0.15) is 72.1 Å². The molecular weight excluding hydrogens is 430 g/mol. The molecule has 2 N–H and O–H groups in total. The van der Waals surface area contributed by atoms with E-state index in [9.17, 15) is 19.5 Å². The van der Waals surface area contributed by atoms with Crippen LogP contribution in [-0.4, -0.2) is 51.8 Å². The lowest BCUT2D eigenvalue weighted by molar-refractivity contribution is -0.136. The first-order chi connectivity index (χ1) is 16.4. The van der Waals surface area contributed by atoms with Crippen molar-refractivity contribution in [2.75, 3.05) is 13.1 Å². The average molecular weight is 462 g/mol. The van der Waals surface area contributed by atoms with E-state index in [1.807, 2.05) is 18.2 Å². The van der Waals surface area contributed by atoms with Gasteiger partial charge in [0.25, 0.3) is 5.91 Å². The minimum atomic E-state index is -0.939. The smallest absolute Gasteiger partial charge is 0.255 e. The predicted octanol–water partition coefficient (Wildman–Crippen LogP) is 2.88. The quantitative estimate of drug-likeness (QED) is 0.669. The summed E-state index contributed by atoms with van der Waals surface area (Å²) in [5.41, 5.74) is 2.60. The molecular formula is C27H31N3O4. The van der Waals surface area contributed by atoms with Crippen LogP contribution in [0, 0.1) is 0 Å². The highest BCUT2D eigenvalue weighted by Crippen LogP contribution is 2.38. The normalized spacial score (nSPS) is 23.5. The van der Waals surface area contributed by atoms with Crippen molar-refractivity contribution in [3.05, 3.63) is 70.8 Å². The molecule has 7 nitrogen and oxygen atoms in total. The van der Waals surface area contributed by atoms with E-state index in [0.29, 0.717) is 37.4 Å². The molecule has 0 aromatic heterocycles. The van der Waals surface area contributed by atoms with Crippen LogP contribution < -0.4 is 5.32 Å². The molecule has 0 aliphatic carbocycles. The van der Waals surface area contributed by atoms with E-state index in [2.05, 4.69) is 41.4 Å². The summed E-state index contributed by atoms with van der Waals surface area (Å²) >= 11 is 0. The molecule has 0 saturated carbocycles. The number of aliphatic hydroxyl groups is 1. The number of imide groups is 1. The fourth-order valence-corrected chi connectivity index (χ4v) is 5.74. The number of fused-ring (bicyclic) bond motifs is 1. The molecule has 0 radical (unpaired) electrons. The maximum atomic E-state index is 13.0. The van der Waals surface area contributed by atoms with Crippen molar-refractivity contribution in [1.29, 1.82) is 0 Å².